The first-order chi connectivity index (χ1) is 29.5. The van der Waals surface area contributed by atoms with Crippen LogP contribution in [0.4, 0.5) is 4.39 Å². The van der Waals surface area contributed by atoms with E-state index in [2.05, 4.69) is 32.7 Å². The summed E-state index contributed by atoms with van der Waals surface area (Å²) in [6, 6.07) is 17.1. The number of rotatable bonds is 7. The van der Waals surface area contributed by atoms with E-state index in [1.54, 1.807) is 52.2 Å². The summed E-state index contributed by atoms with van der Waals surface area (Å²) in [6.45, 7) is 9.14. The van der Waals surface area contributed by atoms with Gasteiger partial charge in [0.25, 0.3) is 5.91 Å². The lowest BCUT2D eigenvalue weighted by Crippen LogP contribution is -2.41. The Balaban J connectivity index is 1.05. The van der Waals surface area contributed by atoms with Crippen molar-refractivity contribution < 1.29 is 18.4 Å². The number of carbonyl (C=O) groups excluding carboxylic acids is 1. The summed E-state index contributed by atoms with van der Waals surface area (Å²) < 4.78 is 38.1. The van der Waals surface area contributed by atoms with E-state index in [0.29, 0.717) is 84.8 Å². The molecule has 5 aromatic heterocycles. The van der Waals surface area contributed by atoms with Gasteiger partial charge in [-0.25, -0.2) is 18.7 Å². The number of imidazole rings is 1. The van der Waals surface area contributed by atoms with Crippen molar-refractivity contribution in [2.75, 3.05) is 19.8 Å². The largest absolute Gasteiger partial charge is 0.438 e. The number of hydrogen-bond donors (Lipinski definition) is 1. The Bertz CT molecular complexity index is 3180. The highest BCUT2D eigenvalue weighted by atomic mass is 32.1. The minimum Gasteiger partial charge on any atom is -0.381 e. The number of nitrogens with one attached hydrogen (secondary N) is 1. The van der Waals surface area contributed by atoms with Crippen molar-refractivity contribution in [1.29, 1.82) is 0 Å². The Hall–Kier alpha value is -6.39. The van der Waals surface area contributed by atoms with Gasteiger partial charge in [0, 0.05) is 60.4 Å². The predicted octanol–water partition coefficient (Wildman–Crippen LogP) is 7.31. The second-order valence-electron chi connectivity index (χ2n) is 16.7. The molecule has 14 nitrogen and oxygen atoms in total. The van der Waals surface area contributed by atoms with Gasteiger partial charge in [-0.15, -0.1) is 0 Å². The zero-order chi connectivity index (χ0) is 41.9. The highest BCUT2D eigenvalue weighted by Gasteiger charge is 2.52. The molecular formula is C45H42FN9O5S. The monoisotopic (exact) mass is 839 g/mol. The van der Waals surface area contributed by atoms with E-state index in [1.165, 1.54) is 17.1 Å². The zero-order valence-electron chi connectivity index (χ0n) is 34.1. The topological polar surface area (TPSA) is 151 Å². The fraction of sp³-hybridized carbons (Fsp3) is 0.333. The smallest absolute Gasteiger partial charge is 0.381 e. The van der Waals surface area contributed by atoms with Gasteiger partial charge in [0.2, 0.25) is 0 Å². The van der Waals surface area contributed by atoms with Crippen LogP contribution in [0.2, 0.25) is 0 Å². The van der Waals surface area contributed by atoms with Gasteiger partial charge in [0.1, 0.15) is 22.9 Å². The molecule has 16 heteroatoms. The Morgan fingerprint density at radius 2 is 1.72 bits per heavy atom. The number of H-pyrrole nitrogens is 1. The number of aryl methyl sites for hydroxylation is 3. The van der Waals surface area contributed by atoms with E-state index in [0.717, 1.165) is 50.8 Å². The summed E-state index contributed by atoms with van der Waals surface area (Å²) in [6.07, 6.45) is 7.03. The van der Waals surface area contributed by atoms with Gasteiger partial charge in [-0.2, -0.15) is 9.47 Å². The molecule has 1 N–H and O–H groups in total. The molecule has 1 atom stereocenters. The van der Waals surface area contributed by atoms with Crippen LogP contribution in [0.15, 0.2) is 81.1 Å². The molecule has 3 aromatic carbocycles. The van der Waals surface area contributed by atoms with Crippen molar-refractivity contribution in [3.05, 3.63) is 139 Å². The maximum absolute atomic E-state index is 15.4. The van der Waals surface area contributed by atoms with Crippen LogP contribution in [0.1, 0.15) is 94.5 Å². The summed E-state index contributed by atoms with van der Waals surface area (Å²) in [5, 5.41) is 11.2. The minimum atomic E-state index is -0.769. The van der Waals surface area contributed by atoms with Crippen LogP contribution in [0.3, 0.4) is 0 Å². The van der Waals surface area contributed by atoms with Gasteiger partial charge in [0.05, 0.1) is 33.5 Å². The van der Waals surface area contributed by atoms with Crippen molar-refractivity contribution >= 4 is 38.4 Å². The number of nitrogens with zero attached hydrogens (tertiary/aromatic N) is 8. The average Bonchev–Trinajstić information content (AvgIpc) is 3.72. The lowest BCUT2D eigenvalue weighted by atomic mass is 9.91. The molecule has 1 saturated carbocycles. The van der Waals surface area contributed by atoms with Crippen LogP contribution in [0, 0.1) is 26.6 Å². The second-order valence-corrected chi connectivity index (χ2v) is 17.5. The van der Waals surface area contributed by atoms with E-state index in [4.69, 9.17) is 14.4 Å². The van der Waals surface area contributed by atoms with E-state index in [9.17, 15) is 9.59 Å². The molecule has 2 fully saturated rings. The minimum absolute atomic E-state index is 0.204. The molecule has 1 aliphatic carbocycles. The summed E-state index contributed by atoms with van der Waals surface area (Å²) in [4.78, 5) is 46.9. The molecule has 8 aromatic rings. The molecule has 1 amide bonds. The quantitative estimate of drug-likeness (QED) is 0.176. The molecule has 2 aliphatic heterocycles. The molecule has 0 bridgehead atoms. The Morgan fingerprint density at radius 1 is 0.951 bits per heavy atom. The van der Waals surface area contributed by atoms with Gasteiger partial charge >= 0.3 is 11.4 Å². The number of ether oxygens (including phenoxy) is 1. The molecule has 0 radical (unpaired) electrons. The predicted molar refractivity (Wildman–Crippen MR) is 227 cm³/mol. The Morgan fingerprint density at radius 3 is 2.46 bits per heavy atom. The van der Waals surface area contributed by atoms with Gasteiger partial charge in [-0.05, 0) is 136 Å². The molecule has 11 rings (SSSR count). The average molecular weight is 840 g/mol. The number of halogens is 1. The van der Waals surface area contributed by atoms with Gasteiger partial charge in [-0.3, -0.25) is 23.4 Å². The summed E-state index contributed by atoms with van der Waals surface area (Å²) in [5.41, 5.74) is 6.02. The van der Waals surface area contributed by atoms with Gasteiger partial charge in [-0.1, -0.05) is 11.2 Å². The van der Waals surface area contributed by atoms with Gasteiger partial charge < -0.3 is 14.2 Å². The van der Waals surface area contributed by atoms with Crippen molar-refractivity contribution in [2.24, 2.45) is 0 Å². The molecule has 3 aliphatic rings. The van der Waals surface area contributed by atoms with Crippen LogP contribution in [-0.2, 0) is 16.7 Å². The normalized spacial score (nSPS) is 17.7. The van der Waals surface area contributed by atoms with E-state index >= 15 is 9.18 Å². The first-order valence-corrected chi connectivity index (χ1v) is 21.4. The molecule has 7 heterocycles. The van der Waals surface area contributed by atoms with Crippen molar-refractivity contribution in [3.63, 3.8) is 0 Å². The third kappa shape index (κ3) is 5.82. The summed E-state index contributed by atoms with van der Waals surface area (Å²) in [7, 11) is 0. The fourth-order valence-corrected chi connectivity index (χ4v) is 10.5. The van der Waals surface area contributed by atoms with Crippen LogP contribution in [-0.4, -0.2) is 68.6 Å². The molecule has 61 heavy (non-hydrogen) atoms. The van der Waals surface area contributed by atoms with Crippen molar-refractivity contribution in [3.8, 4) is 17.2 Å². The van der Waals surface area contributed by atoms with E-state index in [-0.39, 0.29) is 17.4 Å². The maximum Gasteiger partial charge on any atom is 0.438 e. The van der Waals surface area contributed by atoms with E-state index in [1.807, 2.05) is 47.6 Å². The number of hydrogen-bond acceptors (Lipinski definition) is 9. The molecule has 0 spiro atoms. The lowest BCUT2D eigenvalue weighted by molar-refractivity contribution is 0.0664. The van der Waals surface area contributed by atoms with Gasteiger partial charge in [0.15, 0.2) is 5.82 Å². The van der Waals surface area contributed by atoms with Crippen LogP contribution in [0.5, 0.6) is 0 Å². The third-order valence-electron chi connectivity index (χ3n) is 13.1. The SMILES string of the molecule is Cc1cc(-n2nc3c(c2-n2ccn(-c4ccc5c(C)nsc5c4)c2=O)[C@H](C)N(C(=O)c2cc4cc(C5CCOCC5)ccc4n2C2(c4noc(=O)[nH]4)CC2)CC3)cc(C)c1F. The first-order valence-electron chi connectivity index (χ1n) is 20.7. The first kappa shape index (κ1) is 37.6. The highest BCUT2D eigenvalue weighted by Crippen LogP contribution is 2.51. The molecule has 310 valence electrons. The van der Waals surface area contributed by atoms with Crippen LogP contribution in [0.25, 0.3) is 38.2 Å². The lowest BCUT2D eigenvalue weighted by Gasteiger charge is -2.34. The van der Waals surface area contributed by atoms with E-state index < -0.39 is 17.3 Å². The van der Waals surface area contributed by atoms with Crippen LogP contribution < -0.4 is 11.4 Å². The second kappa shape index (κ2) is 13.8. The summed E-state index contributed by atoms with van der Waals surface area (Å²) in [5.74, 6) is 0.0542. The van der Waals surface area contributed by atoms with Crippen LogP contribution >= 0.6 is 11.5 Å². The molecule has 1 saturated heterocycles. The fourth-order valence-electron chi connectivity index (χ4n) is 9.72. The zero-order valence-corrected chi connectivity index (χ0v) is 34.9. The maximum atomic E-state index is 15.4. The molecule has 0 unspecified atom stereocenters. The Kier molecular flexibility index (Phi) is 8.52. The molecular weight excluding hydrogens is 798 g/mol. The number of aromatic nitrogens is 8. The number of benzene rings is 3. The summed E-state index contributed by atoms with van der Waals surface area (Å²) >= 11 is 1.39. The number of amides is 1. The van der Waals surface area contributed by atoms with Crippen molar-refractivity contribution in [1.82, 2.24) is 42.9 Å². The number of carbonyl (C=O) groups is 1. The Labute approximate surface area is 351 Å². The third-order valence-corrected chi connectivity index (χ3v) is 14.0. The van der Waals surface area contributed by atoms with Crippen molar-refractivity contribution in [2.45, 2.75) is 77.3 Å². The standard InChI is InChI=1S/C45H42FN9O5S/c1-24-19-32(20-25(2)39(24)46)55-40(53-16-15-52(44(53)58)31-6-7-33-26(3)50-61-37(33)23-31)38-27(4)51(14-9-34(38)48-55)41(56)36-22-30-21-29(28-10-17-59-18-11-28)5-8-35(30)54(36)45(12-13-45)42-47-43(57)60-49-42/h5-8,15-16,19-23,27-28H,9-14,17-18H2,1-4H3,(H,47,49,57)/t27-/m0/s1. The highest BCUT2D eigenvalue weighted by molar-refractivity contribution is 7.13. The number of fused-ring (bicyclic) bond motifs is 3. The number of aromatic amines is 1.